The van der Waals surface area contributed by atoms with Crippen LogP contribution in [0, 0.1) is 0 Å². The van der Waals surface area contributed by atoms with Crippen molar-refractivity contribution < 1.29 is 13.9 Å². The van der Waals surface area contributed by atoms with Crippen LogP contribution in [0.5, 0.6) is 0 Å². The number of esters is 1. The van der Waals surface area contributed by atoms with E-state index in [1.165, 1.54) is 13.4 Å². The van der Waals surface area contributed by atoms with Crippen LogP contribution in [0.4, 0.5) is 0 Å². The molecule has 0 saturated carbocycles. The Bertz CT molecular complexity index is 646. The fourth-order valence-corrected chi connectivity index (χ4v) is 2.59. The molecule has 0 saturated heterocycles. The van der Waals surface area contributed by atoms with Gasteiger partial charge in [-0.25, -0.2) is 4.79 Å². The maximum absolute atomic E-state index is 11.6. The van der Waals surface area contributed by atoms with Crippen LogP contribution in [0.2, 0.25) is 0 Å². The molecule has 1 aliphatic rings. The number of nitrogens with one attached hydrogen (secondary N) is 1. The minimum Gasteiger partial charge on any atom is -0.463 e. The van der Waals surface area contributed by atoms with E-state index in [1.54, 1.807) is 6.07 Å². The quantitative estimate of drug-likeness (QED) is 0.839. The van der Waals surface area contributed by atoms with Crippen molar-refractivity contribution in [2.45, 2.75) is 38.9 Å². The molecule has 1 atom stereocenters. The zero-order valence-corrected chi connectivity index (χ0v) is 12.1. The summed E-state index contributed by atoms with van der Waals surface area (Å²) in [5.41, 5.74) is 0.773. The summed E-state index contributed by atoms with van der Waals surface area (Å²) in [7, 11) is 1.34. The molecule has 7 heteroatoms. The highest BCUT2D eigenvalue weighted by molar-refractivity contribution is 5.87. The highest BCUT2D eigenvalue weighted by Crippen LogP contribution is 2.20. The lowest BCUT2D eigenvalue weighted by atomic mass is 10.2. The minimum atomic E-state index is -0.465. The number of furan rings is 1. The van der Waals surface area contributed by atoms with E-state index in [0.29, 0.717) is 6.54 Å². The van der Waals surface area contributed by atoms with E-state index >= 15 is 0 Å². The molecule has 0 fully saturated rings. The van der Waals surface area contributed by atoms with Gasteiger partial charge in [-0.1, -0.05) is 0 Å². The van der Waals surface area contributed by atoms with E-state index in [2.05, 4.69) is 24.8 Å². The molecular weight excluding hydrogens is 272 g/mol. The number of aryl methyl sites for hydroxylation is 1. The van der Waals surface area contributed by atoms with E-state index < -0.39 is 5.97 Å². The zero-order chi connectivity index (χ0) is 14.8. The summed E-state index contributed by atoms with van der Waals surface area (Å²) >= 11 is 0. The molecule has 0 radical (unpaired) electrons. The van der Waals surface area contributed by atoms with Gasteiger partial charge in [-0.3, -0.25) is 0 Å². The number of rotatable bonds is 5. The van der Waals surface area contributed by atoms with Gasteiger partial charge in [-0.05, 0) is 19.4 Å². The van der Waals surface area contributed by atoms with Gasteiger partial charge in [0.25, 0.3) is 0 Å². The molecule has 0 bridgehead atoms. The van der Waals surface area contributed by atoms with Crippen LogP contribution >= 0.6 is 0 Å². The Morgan fingerprint density at radius 1 is 1.57 bits per heavy atom. The predicted molar refractivity (Wildman–Crippen MR) is 73.6 cm³/mol. The van der Waals surface area contributed by atoms with E-state index in [0.717, 1.165) is 36.6 Å². The topological polar surface area (TPSA) is 82.2 Å². The molecule has 3 rings (SSSR count). The molecule has 21 heavy (non-hydrogen) atoms. The van der Waals surface area contributed by atoms with E-state index in [9.17, 15) is 4.79 Å². The number of ether oxygens (including phenoxy) is 1. The van der Waals surface area contributed by atoms with Gasteiger partial charge in [-0.2, -0.15) is 0 Å². The maximum Gasteiger partial charge on any atom is 0.374 e. The molecule has 2 aromatic rings. The molecule has 1 unspecified atom stereocenters. The highest BCUT2D eigenvalue weighted by atomic mass is 16.5. The first kappa shape index (κ1) is 13.8. The first-order chi connectivity index (χ1) is 10.2. The molecule has 3 heterocycles. The number of aromatic nitrogens is 3. The number of hydrogen-bond donors (Lipinski definition) is 1. The standard InChI is InChI=1S/C14H18N4O3/c1-9(13-17-16-11-4-3-6-18(11)13)15-8-10-5-7-21-12(10)14(19)20-2/h5,7,9,15H,3-4,6,8H2,1-2H3. The lowest BCUT2D eigenvalue weighted by Crippen LogP contribution is -2.22. The molecule has 0 aromatic carbocycles. The van der Waals surface area contributed by atoms with Crippen LogP contribution in [-0.4, -0.2) is 27.8 Å². The third-order valence-electron chi connectivity index (χ3n) is 3.74. The van der Waals surface area contributed by atoms with Gasteiger partial charge < -0.3 is 19.0 Å². The molecule has 1 aliphatic heterocycles. The van der Waals surface area contributed by atoms with Gasteiger partial charge >= 0.3 is 5.97 Å². The summed E-state index contributed by atoms with van der Waals surface area (Å²) in [6, 6.07) is 1.81. The summed E-state index contributed by atoms with van der Waals surface area (Å²) in [4.78, 5) is 11.6. The van der Waals surface area contributed by atoms with Gasteiger partial charge in [-0.15, -0.1) is 10.2 Å². The second-order valence-electron chi connectivity index (χ2n) is 5.10. The van der Waals surface area contributed by atoms with Crippen LogP contribution in [0.3, 0.4) is 0 Å². The summed E-state index contributed by atoms with van der Waals surface area (Å²) in [5, 5.41) is 11.8. The molecule has 0 aliphatic carbocycles. The number of carbonyl (C=O) groups is 1. The van der Waals surface area contributed by atoms with Crippen LogP contribution in [0.15, 0.2) is 16.7 Å². The van der Waals surface area contributed by atoms with E-state index in [4.69, 9.17) is 4.42 Å². The Labute approximate surface area is 122 Å². The van der Waals surface area contributed by atoms with Crippen molar-refractivity contribution in [1.29, 1.82) is 0 Å². The van der Waals surface area contributed by atoms with Crippen LogP contribution in [0.25, 0.3) is 0 Å². The Morgan fingerprint density at radius 3 is 3.24 bits per heavy atom. The Kier molecular flexibility index (Phi) is 3.74. The van der Waals surface area contributed by atoms with E-state index in [1.807, 2.05) is 6.92 Å². The monoisotopic (exact) mass is 290 g/mol. The van der Waals surface area contributed by atoms with Crippen molar-refractivity contribution in [3.05, 3.63) is 35.3 Å². The van der Waals surface area contributed by atoms with Crippen molar-refractivity contribution in [3.8, 4) is 0 Å². The second-order valence-corrected chi connectivity index (χ2v) is 5.10. The summed E-state index contributed by atoms with van der Waals surface area (Å²) in [6.07, 6.45) is 3.61. The molecule has 2 aromatic heterocycles. The minimum absolute atomic E-state index is 0.0461. The zero-order valence-electron chi connectivity index (χ0n) is 12.1. The van der Waals surface area contributed by atoms with Gasteiger partial charge in [0.2, 0.25) is 5.76 Å². The number of fused-ring (bicyclic) bond motifs is 1. The van der Waals surface area contributed by atoms with Gasteiger partial charge in [0.05, 0.1) is 19.4 Å². The first-order valence-corrected chi connectivity index (χ1v) is 7.00. The molecule has 0 amide bonds. The maximum atomic E-state index is 11.6. The van der Waals surface area contributed by atoms with Gasteiger partial charge in [0, 0.05) is 25.1 Å². The smallest absolute Gasteiger partial charge is 0.374 e. The first-order valence-electron chi connectivity index (χ1n) is 7.00. The third-order valence-corrected chi connectivity index (χ3v) is 3.74. The van der Waals surface area contributed by atoms with Crippen LogP contribution in [-0.2, 0) is 24.2 Å². The number of hydrogen-bond acceptors (Lipinski definition) is 6. The number of carbonyl (C=O) groups excluding carboxylic acids is 1. The average Bonchev–Trinajstić information content (AvgIpc) is 3.19. The van der Waals surface area contributed by atoms with Gasteiger partial charge in [0.15, 0.2) is 0 Å². The fraction of sp³-hybridized carbons (Fsp3) is 0.500. The highest BCUT2D eigenvalue weighted by Gasteiger charge is 2.22. The fourth-order valence-electron chi connectivity index (χ4n) is 2.59. The molecule has 0 spiro atoms. The summed E-state index contributed by atoms with van der Waals surface area (Å²) in [6.45, 7) is 3.51. The SMILES string of the molecule is COC(=O)c1occc1CNC(C)c1nnc2n1CCC2. The lowest BCUT2D eigenvalue weighted by molar-refractivity contribution is 0.0563. The Morgan fingerprint density at radius 2 is 2.43 bits per heavy atom. The largest absolute Gasteiger partial charge is 0.463 e. The van der Waals surface area contributed by atoms with Gasteiger partial charge in [0.1, 0.15) is 11.6 Å². The van der Waals surface area contributed by atoms with Crippen molar-refractivity contribution >= 4 is 5.97 Å². The summed E-state index contributed by atoms with van der Waals surface area (Å²) in [5.74, 6) is 1.76. The Balaban J connectivity index is 1.67. The normalized spacial score (nSPS) is 15.0. The second kappa shape index (κ2) is 5.69. The van der Waals surface area contributed by atoms with E-state index in [-0.39, 0.29) is 11.8 Å². The number of nitrogens with zero attached hydrogens (tertiary/aromatic N) is 3. The predicted octanol–water partition coefficient (Wildman–Crippen LogP) is 1.45. The van der Waals surface area contributed by atoms with Crippen molar-refractivity contribution in [2.24, 2.45) is 0 Å². The lowest BCUT2D eigenvalue weighted by Gasteiger charge is -2.13. The molecule has 1 N–H and O–H groups in total. The van der Waals surface area contributed by atoms with Crippen molar-refractivity contribution in [1.82, 2.24) is 20.1 Å². The van der Waals surface area contributed by atoms with Crippen LogP contribution in [0.1, 0.15) is 47.2 Å². The number of methoxy groups -OCH3 is 1. The third kappa shape index (κ3) is 2.56. The van der Waals surface area contributed by atoms with Crippen molar-refractivity contribution in [2.75, 3.05) is 7.11 Å². The molecule has 112 valence electrons. The average molecular weight is 290 g/mol. The van der Waals surface area contributed by atoms with Crippen LogP contribution < -0.4 is 5.32 Å². The Hall–Kier alpha value is -2.15. The molecular formula is C14H18N4O3. The molecule has 7 nitrogen and oxygen atoms in total. The van der Waals surface area contributed by atoms with Crippen molar-refractivity contribution in [3.63, 3.8) is 0 Å². The summed E-state index contributed by atoms with van der Waals surface area (Å²) < 4.78 is 12.0.